The molecule has 3 heterocycles. The van der Waals surface area contributed by atoms with Gasteiger partial charge in [0.1, 0.15) is 17.2 Å². The highest BCUT2D eigenvalue weighted by molar-refractivity contribution is 7.18. The molecule has 180 valence electrons. The second kappa shape index (κ2) is 9.98. The third-order valence-corrected chi connectivity index (χ3v) is 8.03. The summed E-state index contributed by atoms with van der Waals surface area (Å²) in [5, 5.41) is 3.70. The lowest BCUT2D eigenvalue weighted by atomic mass is 9.89. The first-order valence-electron chi connectivity index (χ1n) is 12.2. The van der Waals surface area contributed by atoms with Crippen molar-refractivity contribution in [3.05, 3.63) is 56.4 Å². The lowest BCUT2D eigenvalue weighted by Gasteiger charge is -2.27. The number of fused-ring (bicyclic) bond motifs is 3. The van der Waals surface area contributed by atoms with Crippen LogP contribution in [-0.4, -0.2) is 46.7 Å². The van der Waals surface area contributed by atoms with E-state index in [9.17, 15) is 9.59 Å². The zero-order valence-electron chi connectivity index (χ0n) is 19.9. The van der Waals surface area contributed by atoms with Crippen LogP contribution in [0.25, 0.3) is 10.2 Å². The number of morpholine rings is 1. The number of thiophene rings is 1. The normalized spacial score (nSPS) is 18.7. The summed E-state index contributed by atoms with van der Waals surface area (Å²) in [6, 6.07) is 7.84. The van der Waals surface area contributed by atoms with Gasteiger partial charge >= 0.3 is 0 Å². The minimum atomic E-state index is -0.211. The van der Waals surface area contributed by atoms with Crippen molar-refractivity contribution in [2.45, 2.75) is 52.6 Å². The van der Waals surface area contributed by atoms with Gasteiger partial charge in [0.15, 0.2) is 0 Å². The first-order chi connectivity index (χ1) is 16.5. The second-order valence-electron chi connectivity index (χ2n) is 9.44. The number of aromatic nitrogens is 2. The van der Waals surface area contributed by atoms with Crippen LogP contribution in [0.2, 0.25) is 0 Å². The highest BCUT2D eigenvalue weighted by Crippen LogP contribution is 2.36. The van der Waals surface area contributed by atoms with Gasteiger partial charge in [0.25, 0.3) is 5.56 Å². The number of nitrogens with one attached hydrogen (secondary N) is 1. The summed E-state index contributed by atoms with van der Waals surface area (Å²) < 4.78 is 7.08. The highest BCUT2D eigenvalue weighted by atomic mass is 32.1. The molecule has 2 aliphatic rings. The minimum Gasteiger partial charge on any atom is -0.379 e. The van der Waals surface area contributed by atoms with Gasteiger partial charge in [-0.15, -0.1) is 11.3 Å². The highest BCUT2D eigenvalue weighted by Gasteiger charge is 2.26. The number of amides is 1. The van der Waals surface area contributed by atoms with Crippen LogP contribution in [0, 0.1) is 5.92 Å². The fourth-order valence-corrected chi connectivity index (χ4v) is 6.31. The van der Waals surface area contributed by atoms with Crippen molar-refractivity contribution in [3.63, 3.8) is 0 Å². The molecule has 0 bridgehead atoms. The summed E-state index contributed by atoms with van der Waals surface area (Å²) in [6.45, 7) is 7.77. The van der Waals surface area contributed by atoms with Crippen LogP contribution < -0.4 is 10.9 Å². The number of aryl methyl sites for hydroxylation is 2. The molecule has 5 rings (SSSR count). The molecule has 0 unspecified atom stereocenters. The molecule has 0 spiro atoms. The van der Waals surface area contributed by atoms with Gasteiger partial charge in [-0.3, -0.25) is 19.1 Å². The van der Waals surface area contributed by atoms with Gasteiger partial charge in [0, 0.05) is 23.7 Å². The molecule has 0 saturated carbocycles. The van der Waals surface area contributed by atoms with E-state index in [0.717, 1.165) is 65.8 Å². The predicted molar refractivity (Wildman–Crippen MR) is 136 cm³/mol. The van der Waals surface area contributed by atoms with Crippen LogP contribution in [0.15, 0.2) is 29.1 Å². The van der Waals surface area contributed by atoms with Crippen molar-refractivity contribution in [2.24, 2.45) is 5.92 Å². The maximum atomic E-state index is 13.8. The van der Waals surface area contributed by atoms with Gasteiger partial charge in [0.05, 0.1) is 25.1 Å². The summed E-state index contributed by atoms with van der Waals surface area (Å²) in [5.74, 6) is 1.07. The average molecular weight is 481 g/mol. The van der Waals surface area contributed by atoms with E-state index in [4.69, 9.17) is 9.72 Å². The molecule has 1 fully saturated rings. The zero-order chi connectivity index (χ0) is 23.7. The van der Waals surface area contributed by atoms with Crippen molar-refractivity contribution in [2.75, 3.05) is 31.6 Å². The third-order valence-electron chi connectivity index (χ3n) is 6.88. The van der Waals surface area contributed by atoms with Gasteiger partial charge in [-0.25, -0.2) is 4.98 Å². The molecule has 1 N–H and O–H groups in total. The summed E-state index contributed by atoms with van der Waals surface area (Å²) in [5.41, 5.74) is 2.98. The number of benzene rings is 1. The predicted octanol–water partition coefficient (Wildman–Crippen LogP) is 3.62. The van der Waals surface area contributed by atoms with Crippen molar-refractivity contribution in [1.29, 1.82) is 0 Å². The summed E-state index contributed by atoms with van der Waals surface area (Å²) in [4.78, 5) is 36.2. The number of hydrogen-bond acceptors (Lipinski definition) is 6. The zero-order valence-corrected chi connectivity index (χ0v) is 20.7. The molecule has 1 amide bonds. The van der Waals surface area contributed by atoms with Gasteiger partial charge in [0.2, 0.25) is 5.91 Å². The van der Waals surface area contributed by atoms with E-state index in [1.807, 2.05) is 24.3 Å². The lowest BCUT2D eigenvalue weighted by Crippen LogP contribution is -2.39. The van der Waals surface area contributed by atoms with Gasteiger partial charge in [-0.05, 0) is 54.9 Å². The molecule has 8 heteroatoms. The quantitative estimate of drug-likeness (QED) is 0.583. The lowest BCUT2D eigenvalue weighted by molar-refractivity contribution is -0.116. The molecule has 1 saturated heterocycles. The number of nitrogens with zero attached hydrogens (tertiary/aromatic N) is 3. The Morgan fingerprint density at radius 1 is 1.29 bits per heavy atom. The first-order valence-corrected chi connectivity index (χ1v) is 13.1. The second-order valence-corrected chi connectivity index (χ2v) is 10.5. The molecule has 0 radical (unpaired) electrons. The van der Waals surface area contributed by atoms with E-state index < -0.39 is 0 Å². The topological polar surface area (TPSA) is 76.5 Å². The van der Waals surface area contributed by atoms with E-state index >= 15 is 0 Å². The molecule has 1 aliphatic heterocycles. The molecule has 1 aromatic carbocycles. The number of hydrogen-bond donors (Lipinski definition) is 1. The molecular weight excluding hydrogens is 448 g/mol. The Morgan fingerprint density at radius 3 is 2.91 bits per heavy atom. The van der Waals surface area contributed by atoms with E-state index in [-0.39, 0.29) is 18.0 Å². The minimum absolute atomic E-state index is 0.0428. The Balaban J connectivity index is 1.50. The monoisotopic (exact) mass is 480 g/mol. The molecule has 3 aromatic rings. The van der Waals surface area contributed by atoms with Crippen molar-refractivity contribution < 1.29 is 9.53 Å². The van der Waals surface area contributed by atoms with Crippen LogP contribution in [0.4, 0.5) is 5.69 Å². The largest absolute Gasteiger partial charge is 0.379 e. The molecule has 1 aliphatic carbocycles. The molecule has 34 heavy (non-hydrogen) atoms. The van der Waals surface area contributed by atoms with Crippen molar-refractivity contribution in [3.8, 4) is 0 Å². The van der Waals surface area contributed by atoms with Crippen LogP contribution in [-0.2, 0) is 41.9 Å². The van der Waals surface area contributed by atoms with Crippen molar-refractivity contribution in [1.82, 2.24) is 14.5 Å². The molecule has 2 aromatic heterocycles. The van der Waals surface area contributed by atoms with Crippen LogP contribution >= 0.6 is 11.3 Å². The van der Waals surface area contributed by atoms with Gasteiger partial charge in [-0.2, -0.15) is 0 Å². The number of anilines is 1. The van der Waals surface area contributed by atoms with E-state index in [1.165, 1.54) is 4.88 Å². The number of rotatable bonds is 6. The fourth-order valence-electron chi connectivity index (χ4n) is 4.92. The summed E-state index contributed by atoms with van der Waals surface area (Å²) in [7, 11) is 0. The first kappa shape index (κ1) is 23.2. The van der Waals surface area contributed by atoms with Crippen molar-refractivity contribution >= 4 is 33.1 Å². The maximum Gasteiger partial charge on any atom is 0.263 e. The molecule has 1 atom stereocenters. The standard InChI is InChI=1S/C26H32N4O3S/c1-3-18-5-4-6-19(14-18)27-23(31)16-30-22(15-29-9-11-33-12-10-29)28-25-24(26(30)32)20-8-7-17(2)13-21(20)34-25/h4-6,14,17H,3,7-13,15-16H2,1-2H3,(H,27,31)/t17-/m1/s1. The Morgan fingerprint density at radius 2 is 2.12 bits per heavy atom. The SMILES string of the molecule is CCc1cccc(NC(=O)Cn2c(CN3CCOCC3)nc3sc4c(c3c2=O)CC[C@@H](C)C4)c1. The average Bonchev–Trinajstić information content (AvgIpc) is 3.19. The summed E-state index contributed by atoms with van der Waals surface area (Å²) in [6.07, 6.45) is 3.90. The number of ether oxygens (including phenoxy) is 1. The number of carbonyl (C=O) groups excluding carboxylic acids is 1. The van der Waals surface area contributed by atoms with Crippen LogP contribution in [0.5, 0.6) is 0 Å². The smallest absolute Gasteiger partial charge is 0.263 e. The molecule has 7 nitrogen and oxygen atoms in total. The fraction of sp³-hybridized carbons (Fsp3) is 0.500. The Labute approximate surface area is 203 Å². The Bertz CT molecular complexity index is 1260. The van der Waals surface area contributed by atoms with Gasteiger partial charge in [-0.1, -0.05) is 26.0 Å². The summed E-state index contributed by atoms with van der Waals surface area (Å²) >= 11 is 1.66. The van der Waals surface area contributed by atoms with E-state index in [2.05, 4.69) is 24.1 Å². The van der Waals surface area contributed by atoms with E-state index in [0.29, 0.717) is 31.5 Å². The van der Waals surface area contributed by atoms with E-state index in [1.54, 1.807) is 15.9 Å². The van der Waals surface area contributed by atoms with Gasteiger partial charge < -0.3 is 10.1 Å². The number of carbonyl (C=O) groups is 1. The van der Waals surface area contributed by atoms with Crippen LogP contribution in [0.3, 0.4) is 0 Å². The molecular formula is C26H32N4O3S. The Kier molecular flexibility index (Phi) is 6.81. The van der Waals surface area contributed by atoms with Crippen LogP contribution in [0.1, 0.15) is 42.1 Å². The third kappa shape index (κ3) is 4.80. The Hall–Kier alpha value is -2.55. The maximum absolute atomic E-state index is 13.8.